The van der Waals surface area contributed by atoms with E-state index in [0.717, 1.165) is 0 Å². The summed E-state index contributed by atoms with van der Waals surface area (Å²) in [4.78, 5) is 36.7. The highest BCUT2D eigenvalue weighted by atomic mass is 19.1. The highest BCUT2D eigenvalue weighted by molar-refractivity contribution is 5.98. The molecule has 0 bridgehead atoms. The van der Waals surface area contributed by atoms with E-state index in [4.69, 9.17) is 5.73 Å². The molecule has 1 unspecified atom stereocenters. The number of carbonyl (C=O) groups excluding carboxylic acids is 3. The van der Waals surface area contributed by atoms with E-state index in [2.05, 4.69) is 10.6 Å². The predicted molar refractivity (Wildman–Crippen MR) is 94.3 cm³/mol. The van der Waals surface area contributed by atoms with Crippen LogP contribution in [0.3, 0.4) is 0 Å². The van der Waals surface area contributed by atoms with Gasteiger partial charge in [0.1, 0.15) is 5.82 Å². The van der Waals surface area contributed by atoms with E-state index >= 15 is 0 Å². The molecule has 2 aromatic carbocycles. The summed E-state index contributed by atoms with van der Waals surface area (Å²) < 4.78 is 13.3. The highest BCUT2D eigenvalue weighted by Gasteiger charge is 2.31. The Morgan fingerprint density at radius 1 is 1.15 bits per heavy atom. The number of amides is 4. The van der Waals surface area contributed by atoms with Crippen molar-refractivity contribution in [3.8, 4) is 0 Å². The van der Waals surface area contributed by atoms with Gasteiger partial charge in [0, 0.05) is 29.9 Å². The molecule has 4 N–H and O–H groups in total. The number of primary amides is 1. The van der Waals surface area contributed by atoms with E-state index in [1.54, 1.807) is 18.2 Å². The quantitative estimate of drug-likeness (QED) is 0.779. The molecule has 4 amide bonds. The van der Waals surface area contributed by atoms with Crippen molar-refractivity contribution in [1.82, 2.24) is 5.32 Å². The van der Waals surface area contributed by atoms with Crippen LogP contribution in [0.15, 0.2) is 48.5 Å². The third kappa shape index (κ3) is 3.97. The van der Waals surface area contributed by atoms with Crippen molar-refractivity contribution in [2.24, 2.45) is 5.73 Å². The van der Waals surface area contributed by atoms with Gasteiger partial charge in [-0.15, -0.1) is 0 Å². The molecule has 26 heavy (non-hydrogen) atoms. The van der Waals surface area contributed by atoms with Crippen LogP contribution in [-0.2, 0) is 4.79 Å². The van der Waals surface area contributed by atoms with Crippen LogP contribution in [0.1, 0.15) is 16.8 Å². The molecule has 0 aliphatic carbocycles. The minimum atomic E-state index is -0.553. The van der Waals surface area contributed by atoms with Crippen molar-refractivity contribution >= 4 is 29.2 Å². The molecule has 1 aliphatic heterocycles. The van der Waals surface area contributed by atoms with Crippen molar-refractivity contribution in [1.29, 1.82) is 0 Å². The first-order valence-corrected chi connectivity index (χ1v) is 7.95. The summed E-state index contributed by atoms with van der Waals surface area (Å²) in [6.07, 6.45) is 0.130. The van der Waals surface area contributed by atoms with Crippen molar-refractivity contribution in [2.45, 2.75) is 12.5 Å². The van der Waals surface area contributed by atoms with Crippen LogP contribution in [0.5, 0.6) is 0 Å². The fraction of sp³-hybridized carbons (Fsp3) is 0.167. The van der Waals surface area contributed by atoms with Gasteiger partial charge in [-0.25, -0.2) is 9.18 Å². The van der Waals surface area contributed by atoms with Gasteiger partial charge in [-0.05, 0) is 42.5 Å². The van der Waals surface area contributed by atoms with E-state index in [0.29, 0.717) is 16.9 Å². The number of halogens is 1. The zero-order valence-electron chi connectivity index (χ0n) is 13.7. The van der Waals surface area contributed by atoms with Crippen LogP contribution in [0.4, 0.5) is 20.6 Å². The number of nitrogens with zero attached hydrogens (tertiary/aromatic N) is 1. The fourth-order valence-electron chi connectivity index (χ4n) is 2.77. The van der Waals surface area contributed by atoms with Gasteiger partial charge in [0.2, 0.25) is 11.8 Å². The van der Waals surface area contributed by atoms with Crippen LogP contribution in [0.2, 0.25) is 0 Å². The molecular formula is C18H17FN4O3. The van der Waals surface area contributed by atoms with Crippen LogP contribution in [-0.4, -0.2) is 30.4 Å². The smallest absolute Gasteiger partial charge is 0.319 e. The number of hydrogen-bond acceptors (Lipinski definition) is 3. The summed E-state index contributed by atoms with van der Waals surface area (Å²) in [5.41, 5.74) is 6.44. The summed E-state index contributed by atoms with van der Waals surface area (Å²) in [5.74, 6) is -1.17. The number of benzene rings is 2. The summed E-state index contributed by atoms with van der Waals surface area (Å²) >= 11 is 0. The molecule has 0 spiro atoms. The standard InChI is InChI=1S/C18H17FN4O3/c19-12-2-1-3-15(8-12)23-10-14(9-16(23)24)22-18(26)21-13-6-4-11(5-7-13)17(20)25/h1-8,14H,9-10H2,(H2,20,25)(H2,21,22,26). The molecule has 3 rings (SSSR count). The number of hydrogen-bond donors (Lipinski definition) is 3. The molecule has 8 heteroatoms. The molecule has 134 valence electrons. The van der Waals surface area contributed by atoms with Gasteiger partial charge >= 0.3 is 6.03 Å². The molecule has 1 saturated heterocycles. The third-order valence-electron chi connectivity index (χ3n) is 4.01. The minimum absolute atomic E-state index is 0.130. The lowest BCUT2D eigenvalue weighted by molar-refractivity contribution is -0.117. The molecule has 1 atom stereocenters. The lowest BCUT2D eigenvalue weighted by Crippen LogP contribution is -2.39. The monoisotopic (exact) mass is 356 g/mol. The number of nitrogens with two attached hydrogens (primary N) is 1. The SMILES string of the molecule is NC(=O)c1ccc(NC(=O)NC2CC(=O)N(c3cccc(F)c3)C2)cc1. The molecule has 0 aromatic heterocycles. The minimum Gasteiger partial charge on any atom is -0.366 e. The fourth-order valence-corrected chi connectivity index (χ4v) is 2.77. The van der Waals surface area contributed by atoms with Crippen LogP contribution in [0, 0.1) is 5.82 Å². The first-order chi connectivity index (χ1) is 12.4. The molecule has 1 aliphatic rings. The summed E-state index contributed by atoms with van der Waals surface area (Å²) in [6, 6.07) is 11.0. The first-order valence-electron chi connectivity index (χ1n) is 7.95. The van der Waals surface area contributed by atoms with Crippen molar-refractivity contribution in [3.63, 3.8) is 0 Å². The number of carbonyl (C=O) groups is 3. The Bertz CT molecular complexity index is 854. The number of urea groups is 1. The molecule has 2 aromatic rings. The highest BCUT2D eigenvalue weighted by Crippen LogP contribution is 2.22. The Balaban J connectivity index is 1.58. The van der Waals surface area contributed by atoms with E-state index in [-0.39, 0.29) is 18.9 Å². The average molecular weight is 356 g/mol. The maximum absolute atomic E-state index is 13.3. The third-order valence-corrected chi connectivity index (χ3v) is 4.01. The summed E-state index contributed by atoms with van der Waals surface area (Å²) in [6.45, 7) is 0.260. The van der Waals surface area contributed by atoms with E-state index in [9.17, 15) is 18.8 Å². The zero-order valence-corrected chi connectivity index (χ0v) is 13.7. The average Bonchev–Trinajstić information content (AvgIpc) is 2.95. The van der Waals surface area contributed by atoms with Gasteiger partial charge in [-0.2, -0.15) is 0 Å². The molecule has 7 nitrogen and oxygen atoms in total. The molecule has 0 saturated carbocycles. The number of anilines is 2. The van der Waals surface area contributed by atoms with E-state index in [1.165, 1.54) is 35.2 Å². The van der Waals surface area contributed by atoms with E-state index < -0.39 is 23.8 Å². The summed E-state index contributed by atoms with van der Waals surface area (Å²) in [5, 5.41) is 5.33. The second-order valence-corrected chi connectivity index (χ2v) is 5.93. The number of nitrogens with one attached hydrogen (secondary N) is 2. The Morgan fingerprint density at radius 2 is 1.88 bits per heavy atom. The first kappa shape index (κ1) is 17.4. The van der Waals surface area contributed by atoms with Crippen LogP contribution >= 0.6 is 0 Å². The largest absolute Gasteiger partial charge is 0.366 e. The molecular weight excluding hydrogens is 339 g/mol. The lowest BCUT2D eigenvalue weighted by atomic mass is 10.2. The van der Waals surface area contributed by atoms with Gasteiger partial charge in [-0.3, -0.25) is 9.59 Å². The summed E-state index contributed by atoms with van der Waals surface area (Å²) in [7, 11) is 0. The number of rotatable bonds is 4. The Morgan fingerprint density at radius 3 is 2.54 bits per heavy atom. The van der Waals surface area contributed by atoms with Gasteiger partial charge in [0.15, 0.2) is 0 Å². The Kier molecular flexibility index (Phi) is 4.83. The lowest BCUT2D eigenvalue weighted by Gasteiger charge is -2.17. The zero-order chi connectivity index (χ0) is 18.7. The van der Waals surface area contributed by atoms with Crippen LogP contribution in [0.25, 0.3) is 0 Å². The van der Waals surface area contributed by atoms with Crippen molar-refractivity contribution in [3.05, 3.63) is 59.9 Å². The second kappa shape index (κ2) is 7.22. The Labute approximate surface area is 149 Å². The topological polar surface area (TPSA) is 105 Å². The van der Waals surface area contributed by atoms with Gasteiger partial charge in [0.25, 0.3) is 0 Å². The van der Waals surface area contributed by atoms with Gasteiger partial charge in [0.05, 0.1) is 6.04 Å². The predicted octanol–water partition coefficient (Wildman–Crippen LogP) is 1.85. The second-order valence-electron chi connectivity index (χ2n) is 5.93. The maximum atomic E-state index is 13.3. The maximum Gasteiger partial charge on any atom is 0.319 e. The van der Waals surface area contributed by atoms with Crippen molar-refractivity contribution in [2.75, 3.05) is 16.8 Å². The molecule has 1 fully saturated rings. The van der Waals surface area contributed by atoms with Gasteiger partial charge in [-0.1, -0.05) is 6.07 Å². The molecule has 0 radical (unpaired) electrons. The normalized spacial score (nSPS) is 16.4. The van der Waals surface area contributed by atoms with Gasteiger partial charge < -0.3 is 21.3 Å². The Hall–Kier alpha value is -3.42. The molecule has 1 heterocycles. The van der Waals surface area contributed by atoms with Crippen molar-refractivity contribution < 1.29 is 18.8 Å². The van der Waals surface area contributed by atoms with Crippen LogP contribution < -0.4 is 21.3 Å². The van der Waals surface area contributed by atoms with E-state index in [1.807, 2.05) is 0 Å².